The van der Waals surface area contributed by atoms with Gasteiger partial charge in [0.2, 0.25) is 0 Å². The summed E-state index contributed by atoms with van der Waals surface area (Å²) < 4.78 is 5.98. The van der Waals surface area contributed by atoms with Crippen molar-refractivity contribution in [2.24, 2.45) is 33.9 Å². The first kappa shape index (κ1) is 39.4. The Morgan fingerprint density at radius 1 is 0.647 bits per heavy atom. The fourth-order valence-electron chi connectivity index (χ4n) is 4.78. The Bertz CT molecular complexity index is 2060. The van der Waals surface area contributed by atoms with Gasteiger partial charge in [-0.05, 0) is 40.2 Å². The zero-order chi connectivity index (χ0) is 36.9. The van der Waals surface area contributed by atoms with E-state index < -0.39 is 29.5 Å². The Labute approximate surface area is 305 Å². The van der Waals surface area contributed by atoms with E-state index in [1.807, 2.05) is 0 Å². The van der Waals surface area contributed by atoms with Crippen LogP contribution in [0.5, 0.6) is 0 Å². The number of nitrogens with one attached hydrogen (secondary N) is 7. The van der Waals surface area contributed by atoms with Gasteiger partial charge in [0.1, 0.15) is 22.8 Å². The molecule has 0 unspecified atom stereocenters. The Morgan fingerprint density at radius 2 is 1.02 bits per heavy atom. The molecule has 4 heterocycles. The van der Waals surface area contributed by atoms with E-state index in [-0.39, 0.29) is 64.5 Å². The second-order valence-electron chi connectivity index (χ2n) is 11.0. The largest absolute Gasteiger partial charge is 0.370 e. The smallest absolute Gasteiger partial charge is 0.272 e. The van der Waals surface area contributed by atoms with Crippen LogP contribution in [-0.4, -0.2) is 72.8 Å². The summed E-state index contributed by atoms with van der Waals surface area (Å²) in [5.41, 5.74) is 7.16. The highest BCUT2D eigenvalue weighted by Crippen LogP contribution is 2.20. The molecule has 0 aliphatic rings. The molecule has 9 N–H and O–H groups in total. The molecule has 0 saturated heterocycles. The molecule has 0 aliphatic heterocycles. The van der Waals surface area contributed by atoms with E-state index in [2.05, 4.69) is 54.4 Å². The van der Waals surface area contributed by atoms with Crippen LogP contribution in [0.1, 0.15) is 52.3 Å². The van der Waals surface area contributed by atoms with Gasteiger partial charge in [-0.15, -0.1) is 12.4 Å². The molecule has 0 radical (unpaired) electrons. The van der Waals surface area contributed by atoms with Crippen LogP contribution in [-0.2, 0) is 33.0 Å². The maximum absolute atomic E-state index is 13.2. The normalized spacial score (nSPS) is 10.4. The monoisotopic (exact) mass is 786 g/mol. The number of amides is 6. The highest BCUT2D eigenvalue weighted by Gasteiger charge is 2.21. The average Bonchev–Trinajstić information content (AvgIpc) is 3.80. The van der Waals surface area contributed by atoms with Crippen molar-refractivity contribution in [3.8, 4) is 0 Å². The van der Waals surface area contributed by atoms with Gasteiger partial charge in [-0.25, -0.2) is 0 Å². The number of nitrogens with zero attached hydrogens (tertiary/aromatic N) is 4. The number of aryl methyl sites for hydroxylation is 4. The van der Waals surface area contributed by atoms with Gasteiger partial charge in [0.25, 0.3) is 35.4 Å². The van der Waals surface area contributed by atoms with Crippen LogP contribution < -0.4 is 37.6 Å². The highest BCUT2D eigenvalue weighted by molar-refractivity contribution is 9.12. The van der Waals surface area contributed by atoms with E-state index >= 15 is 0 Å². The van der Waals surface area contributed by atoms with Gasteiger partial charge in [0.05, 0.1) is 27.1 Å². The number of rotatable bonds is 12. The molecular weight excluding hydrogens is 752 g/mol. The van der Waals surface area contributed by atoms with Gasteiger partial charge in [0, 0.05) is 66.1 Å². The van der Waals surface area contributed by atoms with Crippen molar-refractivity contribution in [1.29, 1.82) is 5.41 Å². The summed E-state index contributed by atoms with van der Waals surface area (Å²) in [5, 5.41) is 22.8. The standard InChI is InChI=1S/C31H35BrN12O6.ClH/c1-16(32)25(45)40-26(46)17-8-21(41(2)12-17)28(48)37-19-10-23(43(4)14-19)30(50)39-20-11-24(44(5)15-20)29(49)38-18-9-22(42(3)13-18)27(47)35-6-7-36-31(33)34;/h8-15H,1,6-7H2,2-5H3,(H,35,47)(H,37,48)(H,38,49)(H,39,50)(H4,33,34,36)(H,40,45,46);1H. The number of hydrogen-bond acceptors (Lipinski definition) is 7. The summed E-state index contributed by atoms with van der Waals surface area (Å²) in [5.74, 6) is -3.57. The number of halogens is 2. The summed E-state index contributed by atoms with van der Waals surface area (Å²) in [7, 11) is 6.47. The van der Waals surface area contributed by atoms with E-state index in [1.165, 1.54) is 50.4 Å². The fraction of sp³-hybridized carbons (Fsp3) is 0.194. The number of carbonyl (C=O) groups excluding carboxylic acids is 6. The number of anilines is 3. The first-order chi connectivity index (χ1) is 23.5. The summed E-state index contributed by atoms with van der Waals surface area (Å²) in [6.45, 7) is 3.92. The molecule has 18 nitrogen and oxygen atoms in total. The maximum atomic E-state index is 13.2. The zero-order valence-electron chi connectivity index (χ0n) is 27.8. The third kappa shape index (κ3) is 9.76. The lowest BCUT2D eigenvalue weighted by Gasteiger charge is -2.06. The third-order valence-electron chi connectivity index (χ3n) is 7.19. The molecule has 4 aromatic rings. The number of imide groups is 1. The molecule has 0 spiro atoms. The Morgan fingerprint density at radius 3 is 1.43 bits per heavy atom. The lowest BCUT2D eigenvalue weighted by Crippen LogP contribution is -2.38. The molecule has 270 valence electrons. The summed E-state index contributed by atoms with van der Waals surface area (Å²) in [6, 6.07) is 5.79. The quantitative estimate of drug-likeness (QED) is 0.0453. The van der Waals surface area contributed by atoms with Gasteiger partial charge in [0.15, 0.2) is 5.96 Å². The summed E-state index contributed by atoms with van der Waals surface area (Å²) in [6.07, 6.45) is 6.06. The van der Waals surface area contributed by atoms with Crippen LogP contribution in [0.15, 0.2) is 60.1 Å². The molecule has 51 heavy (non-hydrogen) atoms. The minimum atomic E-state index is -0.712. The first-order valence-electron chi connectivity index (χ1n) is 14.7. The minimum absolute atomic E-state index is 0. The van der Waals surface area contributed by atoms with Crippen LogP contribution in [0, 0.1) is 5.41 Å². The molecular formula is C31H36BrClN12O6. The molecule has 0 fully saturated rings. The minimum Gasteiger partial charge on any atom is -0.370 e. The summed E-state index contributed by atoms with van der Waals surface area (Å²) in [4.78, 5) is 75.9. The second kappa shape index (κ2) is 16.5. The average molecular weight is 788 g/mol. The number of guanidine groups is 1. The lowest BCUT2D eigenvalue weighted by atomic mass is 10.2. The Balaban J connectivity index is 0.00000702. The van der Waals surface area contributed by atoms with Crippen LogP contribution in [0.25, 0.3) is 0 Å². The fourth-order valence-corrected chi connectivity index (χ4v) is 4.88. The van der Waals surface area contributed by atoms with Gasteiger partial charge in [-0.1, -0.05) is 6.58 Å². The molecule has 0 aromatic carbocycles. The number of carbonyl (C=O) groups is 6. The van der Waals surface area contributed by atoms with E-state index in [1.54, 1.807) is 45.2 Å². The zero-order valence-corrected chi connectivity index (χ0v) is 30.2. The topological polar surface area (TPSA) is 244 Å². The van der Waals surface area contributed by atoms with Gasteiger partial charge >= 0.3 is 0 Å². The van der Waals surface area contributed by atoms with Crippen LogP contribution in [0.4, 0.5) is 17.1 Å². The van der Waals surface area contributed by atoms with Crippen LogP contribution >= 0.6 is 28.3 Å². The number of nitrogens with two attached hydrogens (primary N) is 1. The van der Waals surface area contributed by atoms with E-state index in [0.717, 1.165) is 0 Å². The third-order valence-corrected chi connectivity index (χ3v) is 7.55. The van der Waals surface area contributed by atoms with Gasteiger partial charge < -0.3 is 50.6 Å². The van der Waals surface area contributed by atoms with Crippen molar-refractivity contribution in [2.75, 3.05) is 29.0 Å². The second-order valence-corrected chi connectivity index (χ2v) is 12.0. The molecule has 0 bridgehead atoms. The molecule has 6 amide bonds. The number of aromatic nitrogens is 4. The van der Waals surface area contributed by atoms with Crippen molar-refractivity contribution in [2.45, 2.75) is 0 Å². The molecule has 0 atom stereocenters. The van der Waals surface area contributed by atoms with Crippen LogP contribution in [0.3, 0.4) is 0 Å². The van der Waals surface area contributed by atoms with Crippen molar-refractivity contribution in [3.05, 3.63) is 88.5 Å². The predicted molar refractivity (Wildman–Crippen MR) is 196 cm³/mol. The lowest BCUT2D eigenvalue weighted by molar-refractivity contribution is -0.115. The van der Waals surface area contributed by atoms with Crippen molar-refractivity contribution in [1.82, 2.24) is 34.2 Å². The van der Waals surface area contributed by atoms with Gasteiger partial charge in [-0.2, -0.15) is 0 Å². The van der Waals surface area contributed by atoms with Crippen molar-refractivity contribution >= 4 is 86.8 Å². The molecule has 4 aromatic heterocycles. The Kier molecular flexibility index (Phi) is 12.8. The van der Waals surface area contributed by atoms with E-state index in [4.69, 9.17) is 11.1 Å². The van der Waals surface area contributed by atoms with E-state index in [9.17, 15) is 28.8 Å². The maximum Gasteiger partial charge on any atom is 0.272 e. The SMILES string of the molecule is C=C(Br)C(=O)NC(=O)c1cc(C(=O)Nc2cc(C(=O)Nc3cc(C(=O)Nc4cc(C(=O)NCCNC(=N)N)n(C)c4)n(C)c3)n(C)c2)n(C)c1.Cl. The van der Waals surface area contributed by atoms with Gasteiger partial charge in [-0.3, -0.25) is 39.5 Å². The summed E-state index contributed by atoms with van der Waals surface area (Å²) >= 11 is 2.90. The van der Waals surface area contributed by atoms with Crippen molar-refractivity contribution in [3.63, 3.8) is 0 Å². The number of hydrogen-bond donors (Lipinski definition) is 8. The van der Waals surface area contributed by atoms with E-state index in [0.29, 0.717) is 22.8 Å². The highest BCUT2D eigenvalue weighted by atomic mass is 79.9. The molecule has 0 aliphatic carbocycles. The predicted octanol–water partition coefficient (Wildman–Crippen LogP) is 1.60. The first-order valence-corrected chi connectivity index (χ1v) is 15.5. The molecule has 4 rings (SSSR count). The Hall–Kier alpha value is -6.08. The van der Waals surface area contributed by atoms with Crippen molar-refractivity contribution < 1.29 is 28.8 Å². The van der Waals surface area contributed by atoms with Crippen LogP contribution in [0.2, 0.25) is 0 Å². The molecule has 0 saturated carbocycles. The molecule has 20 heteroatoms.